The highest BCUT2D eigenvalue weighted by Gasteiger charge is 2.48. The number of rotatable bonds is 5. The standard InChI is InChI=1S/C16H23F3N2O/c1-11-7-8-15(16(17,18)19)21(11)10-14(22)13(20)9-12-5-3-2-4-6-12/h2-6,11,13-15,22H,7-10,20H2,1H3. The molecule has 1 aliphatic rings. The summed E-state index contributed by atoms with van der Waals surface area (Å²) >= 11 is 0. The van der Waals surface area contributed by atoms with E-state index in [1.165, 1.54) is 4.90 Å². The average molecular weight is 316 g/mol. The minimum Gasteiger partial charge on any atom is -0.390 e. The molecule has 1 aromatic carbocycles. The maximum Gasteiger partial charge on any atom is 0.404 e. The van der Waals surface area contributed by atoms with Crippen LogP contribution in [-0.2, 0) is 6.42 Å². The molecule has 1 aliphatic heterocycles. The number of aliphatic hydroxyl groups excluding tert-OH is 1. The number of benzene rings is 1. The lowest BCUT2D eigenvalue weighted by Gasteiger charge is -2.33. The van der Waals surface area contributed by atoms with Crippen LogP contribution in [0.1, 0.15) is 25.3 Å². The van der Waals surface area contributed by atoms with Gasteiger partial charge in [-0.05, 0) is 31.7 Å². The van der Waals surface area contributed by atoms with Crippen molar-refractivity contribution in [3.8, 4) is 0 Å². The number of β-amino-alcohol motifs (C(OH)–C–C–N with tert-alkyl or cyclic N) is 1. The Balaban J connectivity index is 1.96. The molecule has 0 aliphatic carbocycles. The number of nitrogens with two attached hydrogens (primary N) is 1. The van der Waals surface area contributed by atoms with E-state index in [1.807, 2.05) is 30.3 Å². The zero-order valence-corrected chi connectivity index (χ0v) is 12.6. The first-order chi connectivity index (χ1) is 10.3. The first kappa shape index (κ1) is 17.2. The van der Waals surface area contributed by atoms with Gasteiger partial charge in [-0.15, -0.1) is 0 Å². The Labute approximate surface area is 128 Å². The van der Waals surface area contributed by atoms with Gasteiger partial charge in [0.05, 0.1) is 6.10 Å². The summed E-state index contributed by atoms with van der Waals surface area (Å²) in [6.45, 7) is 1.72. The molecule has 0 amide bonds. The van der Waals surface area contributed by atoms with Crippen LogP contribution in [0, 0.1) is 0 Å². The summed E-state index contributed by atoms with van der Waals surface area (Å²) in [5.41, 5.74) is 6.94. The van der Waals surface area contributed by atoms with Crippen LogP contribution in [0.15, 0.2) is 30.3 Å². The van der Waals surface area contributed by atoms with Crippen molar-refractivity contribution in [1.82, 2.24) is 4.90 Å². The van der Waals surface area contributed by atoms with E-state index in [1.54, 1.807) is 6.92 Å². The van der Waals surface area contributed by atoms with Crippen molar-refractivity contribution in [2.75, 3.05) is 6.54 Å². The summed E-state index contributed by atoms with van der Waals surface area (Å²) in [7, 11) is 0. The van der Waals surface area contributed by atoms with Crippen molar-refractivity contribution in [3.63, 3.8) is 0 Å². The SMILES string of the molecule is CC1CCC(C(F)(F)F)N1CC(O)C(N)Cc1ccccc1. The molecule has 0 bridgehead atoms. The highest BCUT2D eigenvalue weighted by molar-refractivity contribution is 5.16. The maximum absolute atomic E-state index is 13.0. The van der Waals surface area contributed by atoms with Gasteiger partial charge in [-0.3, -0.25) is 4.90 Å². The molecule has 22 heavy (non-hydrogen) atoms. The average Bonchev–Trinajstić information content (AvgIpc) is 2.81. The highest BCUT2D eigenvalue weighted by atomic mass is 19.4. The Morgan fingerprint density at radius 2 is 1.91 bits per heavy atom. The van der Waals surface area contributed by atoms with E-state index in [0.717, 1.165) is 5.56 Å². The van der Waals surface area contributed by atoms with E-state index in [2.05, 4.69) is 0 Å². The Kier molecular flexibility index (Phi) is 5.47. The number of likely N-dealkylation sites (tertiary alicyclic amines) is 1. The molecule has 1 fully saturated rings. The Morgan fingerprint density at radius 3 is 2.50 bits per heavy atom. The van der Waals surface area contributed by atoms with E-state index in [9.17, 15) is 18.3 Å². The molecule has 3 N–H and O–H groups in total. The molecular weight excluding hydrogens is 293 g/mol. The molecule has 4 atom stereocenters. The molecule has 3 nitrogen and oxygen atoms in total. The topological polar surface area (TPSA) is 49.5 Å². The molecule has 4 unspecified atom stereocenters. The first-order valence-corrected chi connectivity index (χ1v) is 7.59. The van der Waals surface area contributed by atoms with E-state index in [0.29, 0.717) is 12.8 Å². The Hall–Kier alpha value is -1.11. The predicted molar refractivity (Wildman–Crippen MR) is 79.4 cm³/mol. The van der Waals surface area contributed by atoms with Gasteiger partial charge in [-0.2, -0.15) is 13.2 Å². The van der Waals surface area contributed by atoms with Crippen LogP contribution in [0.4, 0.5) is 13.2 Å². The van der Waals surface area contributed by atoms with Crippen LogP contribution >= 0.6 is 0 Å². The zero-order valence-electron chi connectivity index (χ0n) is 12.6. The largest absolute Gasteiger partial charge is 0.404 e. The molecule has 0 spiro atoms. The van der Waals surface area contributed by atoms with Gasteiger partial charge in [0.15, 0.2) is 0 Å². The van der Waals surface area contributed by atoms with Gasteiger partial charge in [0.2, 0.25) is 0 Å². The van der Waals surface area contributed by atoms with Gasteiger partial charge in [-0.1, -0.05) is 30.3 Å². The lowest BCUT2D eigenvalue weighted by molar-refractivity contribution is -0.181. The van der Waals surface area contributed by atoms with Gasteiger partial charge in [-0.25, -0.2) is 0 Å². The molecule has 1 heterocycles. The quantitative estimate of drug-likeness (QED) is 0.876. The summed E-state index contributed by atoms with van der Waals surface area (Å²) in [6, 6.07) is 7.17. The molecule has 0 aromatic heterocycles. The summed E-state index contributed by atoms with van der Waals surface area (Å²) in [4.78, 5) is 1.34. The normalized spacial score (nSPS) is 26.1. The lowest BCUT2D eigenvalue weighted by Crippen LogP contribution is -2.51. The molecule has 1 saturated heterocycles. The van der Waals surface area contributed by atoms with Gasteiger partial charge < -0.3 is 10.8 Å². The minimum absolute atomic E-state index is 0.0423. The maximum atomic E-state index is 13.0. The smallest absolute Gasteiger partial charge is 0.390 e. The van der Waals surface area contributed by atoms with Crippen molar-refractivity contribution in [2.24, 2.45) is 5.73 Å². The predicted octanol–water partition coefficient (Wildman–Crippen LogP) is 2.33. The van der Waals surface area contributed by atoms with E-state index in [4.69, 9.17) is 5.73 Å². The Morgan fingerprint density at radius 1 is 1.27 bits per heavy atom. The summed E-state index contributed by atoms with van der Waals surface area (Å²) in [5, 5.41) is 10.2. The van der Waals surface area contributed by atoms with E-state index >= 15 is 0 Å². The number of hydrogen-bond acceptors (Lipinski definition) is 3. The van der Waals surface area contributed by atoms with E-state index < -0.39 is 24.4 Å². The number of hydrogen-bond donors (Lipinski definition) is 2. The van der Waals surface area contributed by atoms with Gasteiger partial charge in [0, 0.05) is 18.6 Å². The third-order valence-electron chi connectivity index (χ3n) is 4.41. The van der Waals surface area contributed by atoms with Crippen LogP contribution in [-0.4, -0.2) is 47.0 Å². The molecule has 0 radical (unpaired) electrons. The lowest BCUT2D eigenvalue weighted by atomic mass is 10.0. The zero-order chi connectivity index (χ0) is 16.3. The molecular formula is C16H23F3N2O. The van der Waals surface area contributed by atoms with Crippen LogP contribution in [0.25, 0.3) is 0 Å². The van der Waals surface area contributed by atoms with Crippen LogP contribution in [0.3, 0.4) is 0 Å². The second-order valence-electron chi connectivity index (χ2n) is 6.10. The summed E-state index contributed by atoms with van der Waals surface area (Å²) in [6.07, 6.45) is -4.21. The fourth-order valence-corrected chi connectivity index (χ4v) is 3.07. The van der Waals surface area contributed by atoms with Crippen LogP contribution in [0.5, 0.6) is 0 Å². The highest BCUT2D eigenvalue weighted by Crippen LogP contribution is 2.35. The van der Waals surface area contributed by atoms with Crippen molar-refractivity contribution in [3.05, 3.63) is 35.9 Å². The van der Waals surface area contributed by atoms with Gasteiger partial charge in [0.1, 0.15) is 6.04 Å². The number of alkyl halides is 3. The van der Waals surface area contributed by atoms with Crippen molar-refractivity contribution in [1.29, 1.82) is 0 Å². The van der Waals surface area contributed by atoms with Crippen molar-refractivity contribution < 1.29 is 18.3 Å². The van der Waals surface area contributed by atoms with Crippen molar-refractivity contribution >= 4 is 0 Å². The number of nitrogens with zero attached hydrogens (tertiary/aromatic N) is 1. The Bertz CT molecular complexity index is 466. The summed E-state index contributed by atoms with van der Waals surface area (Å²) in [5.74, 6) is 0. The second-order valence-corrected chi connectivity index (χ2v) is 6.10. The van der Waals surface area contributed by atoms with Gasteiger partial charge in [0.25, 0.3) is 0 Å². The molecule has 0 saturated carbocycles. The van der Waals surface area contributed by atoms with Crippen LogP contribution < -0.4 is 5.73 Å². The molecule has 2 rings (SSSR count). The molecule has 124 valence electrons. The van der Waals surface area contributed by atoms with Crippen LogP contribution in [0.2, 0.25) is 0 Å². The fraction of sp³-hybridized carbons (Fsp3) is 0.625. The fourth-order valence-electron chi connectivity index (χ4n) is 3.07. The number of halogens is 3. The minimum atomic E-state index is -4.26. The number of aliphatic hydroxyl groups is 1. The molecule has 1 aromatic rings. The third kappa shape index (κ3) is 4.21. The first-order valence-electron chi connectivity index (χ1n) is 7.59. The second kappa shape index (κ2) is 6.98. The van der Waals surface area contributed by atoms with Gasteiger partial charge >= 0.3 is 6.18 Å². The monoisotopic (exact) mass is 316 g/mol. The van der Waals surface area contributed by atoms with Crippen molar-refractivity contribution in [2.45, 2.75) is 56.6 Å². The third-order valence-corrected chi connectivity index (χ3v) is 4.41. The summed E-state index contributed by atoms with van der Waals surface area (Å²) < 4.78 is 39.1. The van der Waals surface area contributed by atoms with E-state index in [-0.39, 0.29) is 19.0 Å². The molecule has 6 heteroatoms.